The van der Waals surface area contributed by atoms with E-state index in [1.807, 2.05) is 13.8 Å². The molecule has 2 aromatic carbocycles. The van der Waals surface area contributed by atoms with Gasteiger partial charge < -0.3 is 10.2 Å². The Balaban J connectivity index is 2.20. The predicted octanol–water partition coefficient (Wildman–Crippen LogP) is 4.50. The topological polar surface area (TPSA) is 86.8 Å². The second-order valence-electron chi connectivity index (χ2n) is 8.64. The predicted molar refractivity (Wildman–Crippen MR) is 137 cm³/mol. The lowest BCUT2D eigenvalue weighted by molar-refractivity contribution is -0.140. The molecule has 0 aliphatic carbocycles. The van der Waals surface area contributed by atoms with Crippen molar-refractivity contribution in [1.29, 1.82) is 0 Å². The van der Waals surface area contributed by atoms with Crippen molar-refractivity contribution >= 4 is 39.1 Å². The summed E-state index contributed by atoms with van der Waals surface area (Å²) in [5, 5.41) is 3.32. The van der Waals surface area contributed by atoms with E-state index in [-0.39, 0.29) is 49.5 Å². The van der Waals surface area contributed by atoms with E-state index < -0.39 is 27.7 Å². The lowest BCUT2D eigenvalue weighted by Crippen LogP contribution is -2.49. The van der Waals surface area contributed by atoms with Crippen LogP contribution in [-0.2, 0) is 26.2 Å². The third kappa shape index (κ3) is 8.16. The third-order valence-corrected chi connectivity index (χ3v) is 7.37. The van der Waals surface area contributed by atoms with Crippen molar-refractivity contribution in [3.8, 4) is 0 Å². The number of benzene rings is 2. The SMILES string of the molecule is CC[C@@H](C)NC(=O)[C@@H](C)N(Cc1ccccc1Cl)C(=O)CCCN(c1ccc(F)c(F)c1)S(C)(=O)=O. The number of amides is 2. The molecule has 2 rings (SSSR count). The van der Waals surface area contributed by atoms with Gasteiger partial charge in [0.05, 0.1) is 11.9 Å². The Hall–Kier alpha value is -2.72. The number of sulfonamides is 1. The first-order chi connectivity index (χ1) is 16.8. The average Bonchev–Trinajstić information content (AvgIpc) is 2.81. The zero-order chi connectivity index (χ0) is 27.0. The molecule has 0 radical (unpaired) electrons. The Bertz CT molecular complexity index is 1180. The number of nitrogens with zero attached hydrogens (tertiary/aromatic N) is 2. The number of hydrogen-bond acceptors (Lipinski definition) is 4. The lowest BCUT2D eigenvalue weighted by Gasteiger charge is -2.30. The summed E-state index contributed by atoms with van der Waals surface area (Å²) in [6, 6.07) is 8.91. The molecule has 11 heteroatoms. The van der Waals surface area contributed by atoms with E-state index in [9.17, 15) is 26.8 Å². The molecule has 0 spiro atoms. The molecule has 2 amide bonds. The molecule has 1 N–H and O–H groups in total. The molecule has 0 bridgehead atoms. The van der Waals surface area contributed by atoms with Gasteiger partial charge in [-0.2, -0.15) is 0 Å². The smallest absolute Gasteiger partial charge is 0.242 e. The maximum Gasteiger partial charge on any atom is 0.242 e. The van der Waals surface area contributed by atoms with Crippen LogP contribution in [0.15, 0.2) is 42.5 Å². The highest BCUT2D eigenvalue weighted by Crippen LogP contribution is 2.22. The fourth-order valence-electron chi connectivity index (χ4n) is 3.50. The molecule has 7 nitrogen and oxygen atoms in total. The van der Waals surface area contributed by atoms with Gasteiger partial charge in [-0.1, -0.05) is 36.7 Å². The van der Waals surface area contributed by atoms with Crippen LogP contribution in [0, 0.1) is 11.6 Å². The van der Waals surface area contributed by atoms with Gasteiger partial charge in [-0.15, -0.1) is 0 Å². The van der Waals surface area contributed by atoms with Crippen molar-refractivity contribution in [1.82, 2.24) is 10.2 Å². The number of carbonyl (C=O) groups is 2. The second kappa shape index (κ2) is 13.0. The first-order valence-corrected chi connectivity index (χ1v) is 13.8. The summed E-state index contributed by atoms with van der Waals surface area (Å²) in [6.45, 7) is 5.37. The molecule has 0 saturated heterocycles. The summed E-state index contributed by atoms with van der Waals surface area (Å²) in [6.07, 6.45) is 1.67. The van der Waals surface area contributed by atoms with Crippen LogP contribution < -0.4 is 9.62 Å². The van der Waals surface area contributed by atoms with Gasteiger partial charge in [0, 0.05) is 36.6 Å². The maximum absolute atomic E-state index is 13.7. The normalized spacial score (nSPS) is 13.1. The van der Waals surface area contributed by atoms with Gasteiger partial charge in [-0.25, -0.2) is 17.2 Å². The van der Waals surface area contributed by atoms with E-state index in [1.165, 1.54) is 4.90 Å². The van der Waals surface area contributed by atoms with Gasteiger partial charge in [-0.3, -0.25) is 13.9 Å². The minimum Gasteiger partial charge on any atom is -0.352 e. The molecule has 0 heterocycles. The zero-order valence-corrected chi connectivity index (χ0v) is 22.4. The number of halogens is 3. The van der Waals surface area contributed by atoms with Crippen LogP contribution in [0.3, 0.4) is 0 Å². The monoisotopic (exact) mass is 543 g/mol. The summed E-state index contributed by atoms with van der Waals surface area (Å²) in [5.74, 6) is -2.96. The third-order valence-electron chi connectivity index (χ3n) is 5.81. The largest absolute Gasteiger partial charge is 0.352 e. The Morgan fingerprint density at radius 3 is 2.33 bits per heavy atom. The van der Waals surface area contributed by atoms with Crippen molar-refractivity contribution in [3.63, 3.8) is 0 Å². The van der Waals surface area contributed by atoms with Gasteiger partial charge in [0.25, 0.3) is 0 Å². The van der Waals surface area contributed by atoms with Gasteiger partial charge >= 0.3 is 0 Å². The van der Waals surface area contributed by atoms with E-state index in [2.05, 4.69) is 5.32 Å². The van der Waals surface area contributed by atoms with Crippen LogP contribution in [0.25, 0.3) is 0 Å². The minimum absolute atomic E-state index is 0.0435. The van der Waals surface area contributed by atoms with Gasteiger partial charge in [0.1, 0.15) is 6.04 Å². The summed E-state index contributed by atoms with van der Waals surface area (Å²) >= 11 is 6.28. The van der Waals surface area contributed by atoms with Crippen molar-refractivity contribution in [2.24, 2.45) is 0 Å². The van der Waals surface area contributed by atoms with Crippen LogP contribution in [0.4, 0.5) is 14.5 Å². The van der Waals surface area contributed by atoms with Crippen molar-refractivity contribution < 1.29 is 26.8 Å². The minimum atomic E-state index is -3.83. The molecule has 0 aliphatic heterocycles. The molecular weight excluding hydrogens is 512 g/mol. The van der Waals surface area contributed by atoms with E-state index in [0.717, 1.165) is 35.2 Å². The quantitative estimate of drug-likeness (QED) is 0.427. The Morgan fingerprint density at radius 2 is 1.75 bits per heavy atom. The lowest BCUT2D eigenvalue weighted by atomic mass is 10.1. The molecule has 2 aromatic rings. The van der Waals surface area contributed by atoms with Crippen molar-refractivity contribution in [2.75, 3.05) is 17.1 Å². The summed E-state index contributed by atoms with van der Waals surface area (Å²) in [7, 11) is -3.83. The van der Waals surface area contributed by atoms with Crippen molar-refractivity contribution in [2.45, 2.75) is 58.7 Å². The van der Waals surface area contributed by atoms with Crippen molar-refractivity contribution in [3.05, 3.63) is 64.7 Å². The standard InChI is InChI=1S/C25H32ClF2N3O4S/c1-5-17(2)29-25(33)18(3)30(16-19-9-6-7-10-21(19)26)24(32)11-8-14-31(36(4,34)35)20-12-13-22(27)23(28)15-20/h6-7,9-10,12-13,15,17-18H,5,8,11,14,16H2,1-4H3,(H,29,33)/t17-,18-/m1/s1. The fourth-order valence-corrected chi connectivity index (χ4v) is 4.66. The molecular formula is C25H32ClF2N3O4S. The van der Waals surface area contributed by atoms with Crippen LogP contribution >= 0.6 is 11.6 Å². The molecule has 36 heavy (non-hydrogen) atoms. The Labute approximate surface area is 216 Å². The van der Waals surface area contributed by atoms with Crippen LogP contribution in [0.1, 0.15) is 45.6 Å². The van der Waals surface area contributed by atoms with E-state index in [4.69, 9.17) is 11.6 Å². The average molecular weight is 544 g/mol. The molecule has 0 unspecified atom stereocenters. The number of anilines is 1. The van der Waals surface area contributed by atoms with E-state index >= 15 is 0 Å². The van der Waals surface area contributed by atoms with Gasteiger partial charge in [0.15, 0.2) is 11.6 Å². The van der Waals surface area contributed by atoms with E-state index in [0.29, 0.717) is 10.6 Å². The highest BCUT2D eigenvalue weighted by atomic mass is 35.5. The first-order valence-electron chi connectivity index (χ1n) is 11.6. The molecule has 0 aliphatic rings. The molecule has 0 saturated carbocycles. The number of rotatable bonds is 12. The second-order valence-corrected chi connectivity index (χ2v) is 11.0. The Morgan fingerprint density at radius 1 is 1.08 bits per heavy atom. The highest BCUT2D eigenvalue weighted by Gasteiger charge is 2.28. The molecule has 198 valence electrons. The fraction of sp³-hybridized carbons (Fsp3) is 0.440. The maximum atomic E-state index is 13.7. The number of hydrogen-bond donors (Lipinski definition) is 1. The molecule has 2 atom stereocenters. The van der Waals surface area contributed by atoms with Gasteiger partial charge in [0.2, 0.25) is 21.8 Å². The Kier molecular flexibility index (Phi) is 10.7. The number of carbonyl (C=O) groups excluding carboxylic acids is 2. The van der Waals surface area contributed by atoms with Gasteiger partial charge in [-0.05, 0) is 50.5 Å². The highest BCUT2D eigenvalue weighted by molar-refractivity contribution is 7.92. The van der Waals surface area contributed by atoms with Crippen LogP contribution in [0.5, 0.6) is 0 Å². The van der Waals surface area contributed by atoms with Crippen LogP contribution in [-0.4, -0.2) is 50.0 Å². The summed E-state index contributed by atoms with van der Waals surface area (Å²) in [5.41, 5.74) is 0.619. The molecule has 0 fully saturated rings. The first kappa shape index (κ1) is 29.5. The summed E-state index contributed by atoms with van der Waals surface area (Å²) in [4.78, 5) is 27.5. The molecule has 0 aromatic heterocycles. The van der Waals surface area contributed by atoms with E-state index in [1.54, 1.807) is 31.2 Å². The van der Waals surface area contributed by atoms with Crippen LogP contribution in [0.2, 0.25) is 5.02 Å². The number of nitrogens with one attached hydrogen (secondary N) is 1. The zero-order valence-electron chi connectivity index (χ0n) is 20.8. The summed E-state index contributed by atoms with van der Waals surface area (Å²) < 4.78 is 52.5.